The van der Waals surface area contributed by atoms with Gasteiger partial charge in [-0.3, -0.25) is 14.9 Å². The zero-order valence-electron chi connectivity index (χ0n) is 18.8. The van der Waals surface area contributed by atoms with Crippen LogP contribution in [0, 0.1) is 17.0 Å². The highest BCUT2D eigenvalue weighted by Crippen LogP contribution is 2.34. The smallest absolute Gasteiger partial charge is 0.342 e. The fourth-order valence-electron chi connectivity index (χ4n) is 3.64. The van der Waals surface area contributed by atoms with E-state index >= 15 is 0 Å². The quantitative estimate of drug-likeness (QED) is 0.174. The van der Waals surface area contributed by atoms with Crippen molar-refractivity contribution in [2.75, 3.05) is 11.4 Å². The SMILES string of the molecule is COC(=O)c1c(C)oc2ccc(N(C(=O)c3cccc([N+](=O)[O-])c3)S(=O)(=O)c3ccc(Br)cc3)cc12. The van der Waals surface area contributed by atoms with Crippen molar-refractivity contribution in [3.8, 4) is 0 Å². The molecule has 1 aromatic heterocycles. The summed E-state index contributed by atoms with van der Waals surface area (Å²) in [5, 5.41) is 11.5. The van der Waals surface area contributed by atoms with E-state index in [0.29, 0.717) is 8.78 Å². The van der Waals surface area contributed by atoms with Crippen LogP contribution < -0.4 is 4.31 Å². The maximum atomic E-state index is 13.7. The van der Waals surface area contributed by atoms with Crippen molar-refractivity contribution < 1.29 is 32.1 Å². The number of hydrogen-bond acceptors (Lipinski definition) is 8. The number of benzene rings is 3. The second kappa shape index (κ2) is 9.55. The van der Waals surface area contributed by atoms with Crippen molar-refractivity contribution in [2.24, 2.45) is 0 Å². The molecule has 0 saturated heterocycles. The van der Waals surface area contributed by atoms with Gasteiger partial charge in [-0.2, -0.15) is 4.31 Å². The molecule has 0 radical (unpaired) electrons. The fraction of sp³-hybridized carbons (Fsp3) is 0.0833. The van der Waals surface area contributed by atoms with E-state index in [1.807, 2.05) is 0 Å². The number of anilines is 1. The molecule has 0 aliphatic rings. The summed E-state index contributed by atoms with van der Waals surface area (Å²) in [6.07, 6.45) is 0. The van der Waals surface area contributed by atoms with E-state index < -0.39 is 26.8 Å². The molecule has 10 nitrogen and oxygen atoms in total. The highest BCUT2D eigenvalue weighted by atomic mass is 79.9. The highest BCUT2D eigenvalue weighted by Gasteiger charge is 2.33. The Morgan fingerprint density at radius 2 is 1.75 bits per heavy atom. The van der Waals surface area contributed by atoms with E-state index in [1.54, 1.807) is 6.92 Å². The van der Waals surface area contributed by atoms with Gasteiger partial charge in [0.05, 0.1) is 22.6 Å². The number of esters is 1. The topological polar surface area (TPSA) is 137 Å². The summed E-state index contributed by atoms with van der Waals surface area (Å²) in [4.78, 5) is 36.3. The lowest BCUT2D eigenvalue weighted by Gasteiger charge is -2.23. The summed E-state index contributed by atoms with van der Waals surface area (Å²) in [5.41, 5.74) is -0.344. The number of aryl methyl sites for hydroxylation is 1. The molecule has 12 heteroatoms. The Bertz CT molecular complexity index is 1630. The Balaban J connectivity index is 1.96. The first-order valence-corrected chi connectivity index (χ1v) is 12.5. The number of nitro benzene ring substituents is 1. The van der Waals surface area contributed by atoms with Crippen LogP contribution in [0.15, 0.2) is 80.5 Å². The van der Waals surface area contributed by atoms with Gasteiger partial charge in [-0.25, -0.2) is 13.2 Å². The van der Waals surface area contributed by atoms with Crippen LogP contribution in [0.5, 0.6) is 0 Å². The second-order valence-electron chi connectivity index (χ2n) is 7.54. The maximum Gasteiger partial charge on any atom is 0.342 e. The van der Waals surface area contributed by atoms with E-state index in [1.165, 1.54) is 67.8 Å². The first-order chi connectivity index (χ1) is 17.0. The van der Waals surface area contributed by atoms with Gasteiger partial charge in [0.15, 0.2) is 0 Å². The molecule has 0 atom stereocenters. The molecule has 0 saturated carbocycles. The number of carbonyl (C=O) groups is 2. The van der Waals surface area contributed by atoms with Crippen molar-refractivity contribution in [2.45, 2.75) is 11.8 Å². The minimum Gasteiger partial charge on any atom is -0.465 e. The van der Waals surface area contributed by atoms with E-state index in [0.717, 1.165) is 6.07 Å². The van der Waals surface area contributed by atoms with Crippen LogP contribution in [0.25, 0.3) is 11.0 Å². The summed E-state index contributed by atoms with van der Waals surface area (Å²) >= 11 is 3.25. The summed E-state index contributed by atoms with van der Waals surface area (Å²) in [6.45, 7) is 1.55. The van der Waals surface area contributed by atoms with E-state index in [9.17, 15) is 28.1 Å². The molecule has 184 valence electrons. The molecule has 0 fully saturated rings. The van der Waals surface area contributed by atoms with Crippen LogP contribution in [0.4, 0.5) is 11.4 Å². The monoisotopic (exact) mass is 572 g/mol. The van der Waals surface area contributed by atoms with Crippen LogP contribution in [0.1, 0.15) is 26.5 Å². The second-order valence-corrected chi connectivity index (χ2v) is 10.2. The summed E-state index contributed by atoms with van der Waals surface area (Å²) in [5.74, 6) is -1.47. The van der Waals surface area contributed by atoms with Crippen molar-refractivity contribution >= 4 is 60.2 Å². The number of halogens is 1. The Morgan fingerprint density at radius 3 is 2.39 bits per heavy atom. The Morgan fingerprint density at radius 1 is 1.06 bits per heavy atom. The molecule has 0 aliphatic heterocycles. The van der Waals surface area contributed by atoms with Crippen molar-refractivity contribution in [1.82, 2.24) is 0 Å². The number of carbonyl (C=O) groups excluding carboxylic acids is 2. The summed E-state index contributed by atoms with van der Waals surface area (Å²) in [7, 11) is -3.31. The number of hydrogen-bond donors (Lipinski definition) is 0. The minimum atomic E-state index is -4.51. The Kier molecular flexibility index (Phi) is 6.65. The predicted molar refractivity (Wildman–Crippen MR) is 134 cm³/mol. The zero-order valence-corrected chi connectivity index (χ0v) is 21.2. The largest absolute Gasteiger partial charge is 0.465 e. The number of ether oxygens (including phenoxy) is 1. The molecule has 0 unspecified atom stereocenters. The van der Waals surface area contributed by atoms with E-state index in [-0.39, 0.29) is 44.1 Å². The number of rotatable bonds is 6. The van der Waals surface area contributed by atoms with Crippen molar-refractivity contribution in [3.63, 3.8) is 0 Å². The lowest BCUT2D eigenvalue weighted by atomic mass is 10.1. The summed E-state index contributed by atoms with van der Waals surface area (Å²) in [6, 6.07) is 14.5. The number of methoxy groups -OCH3 is 1. The maximum absolute atomic E-state index is 13.7. The molecule has 1 heterocycles. The van der Waals surface area contributed by atoms with Gasteiger partial charge in [0.1, 0.15) is 16.9 Å². The van der Waals surface area contributed by atoms with Gasteiger partial charge < -0.3 is 9.15 Å². The molecule has 1 amide bonds. The minimum absolute atomic E-state index is 0.0816. The first kappa shape index (κ1) is 25.1. The summed E-state index contributed by atoms with van der Waals surface area (Å²) < 4.78 is 39.0. The van der Waals surface area contributed by atoms with Crippen molar-refractivity contribution in [3.05, 3.63) is 98.2 Å². The third-order valence-corrected chi connectivity index (χ3v) is 7.57. The lowest BCUT2D eigenvalue weighted by Crippen LogP contribution is -2.37. The predicted octanol–water partition coefficient (Wildman–Crippen LogP) is 5.23. The number of amides is 1. The molecule has 3 aromatic carbocycles. The van der Waals surface area contributed by atoms with Crippen LogP contribution >= 0.6 is 15.9 Å². The number of nitro groups is 1. The number of nitrogens with zero attached hydrogens (tertiary/aromatic N) is 2. The van der Waals surface area contributed by atoms with Gasteiger partial charge in [-0.05, 0) is 55.5 Å². The normalized spacial score (nSPS) is 11.3. The average Bonchev–Trinajstić information content (AvgIpc) is 3.18. The average molecular weight is 573 g/mol. The molecule has 0 N–H and O–H groups in total. The Hall–Kier alpha value is -4.03. The van der Waals surface area contributed by atoms with Gasteiger partial charge in [-0.15, -0.1) is 0 Å². The molecule has 4 rings (SSSR count). The van der Waals surface area contributed by atoms with Crippen LogP contribution in [-0.4, -0.2) is 32.3 Å². The molecule has 36 heavy (non-hydrogen) atoms. The molecule has 0 bridgehead atoms. The first-order valence-electron chi connectivity index (χ1n) is 10.3. The number of fused-ring (bicyclic) bond motifs is 1. The van der Waals surface area contributed by atoms with Crippen LogP contribution in [-0.2, 0) is 14.8 Å². The third kappa shape index (κ3) is 4.48. The molecule has 0 spiro atoms. The van der Waals surface area contributed by atoms with Gasteiger partial charge in [0.25, 0.3) is 21.6 Å². The molecular weight excluding hydrogens is 556 g/mol. The van der Waals surface area contributed by atoms with Gasteiger partial charge >= 0.3 is 5.97 Å². The van der Waals surface area contributed by atoms with Gasteiger partial charge in [0.2, 0.25) is 0 Å². The number of furan rings is 1. The Labute approximate surface area is 213 Å². The molecular formula is C24H17BrN2O8S. The lowest BCUT2D eigenvalue weighted by molar-refractivity contribution is -0.384. The van der Waals surface area contributed by atoms with Gasteiger partial charge in [-0.1, -0.05) is 22.0 Å². The molecule has 4 aromatic rings. The van der Waals surface area contributed by atoms with E-state index in [4.69, 9.17) is 9.15 Å². The van der Waals surface area contributed by atoms with Crippen LogP contribution in [0.2, 0.25) is 0 Å². The highest BCUT2D eigenvalue weighted by molar-refractivity contribution is 9.10. The van der Waals surface area contributed by atoms with Crippen molar-refractivity contribution in [1.29, 1.82) is 0 Å². The fourth-order valence-corrected chi connectivity index (χ4v) is 5.31. The third-order valence-electron chi connectivity index (χ3n) is 5.31. The number of sulfonamides is 1. The van der Waals surface area contributed by atoms with E-state index in [2.05, 4.69) is 15.9 Å². The zero-order chi connectivity index (χ0) is 26.2. The standard InChI is InChI=1S/C24H17BrN2O8S/c1-14-22(24(29)34-2)20-13-17(8-11-21(20)35-14)26(36(32,33)19-9-6-16(25)7-10-19)23(28)15-4-3-5-18(12-15)27(30)31/h3-13H,1-2H3. The number of non-ortho nitro benzene ring substituents is 1. The van der Waals surface area contributed by atoms with Crippen LogP contribution in [0.3, 0.4) is 0 Å². The van der Waals surface area contributed by atoms with Gasteiger partial charge in [0, 0.05) is 27.6 Å². The molecule has 0 aliphatic carbocycles.